The van der Waals surface area contributed by atoms with Crippen LogP contribution in [0.4, 0.5) is 0 Å². The molecule has 1 atom stereocenters. The van der Waals surface area contributed by atoms with E-state index in [1.54, 1.807) is 31.2 Å². The Bertz CT molecular complexity index is 1050. The number of hydrogen-bond donors (Lipinski definition) is 2. The van der Waals surface area contributed by atoms with E-state index in [0.717, 1.165) is 21.9 Å². The summed E-state index contributed by atoms with van der Waals surface area (Å²) in [6.45, 7) is 1.98. The number of fused-ring (bicyclic) bond motifs is 3. The van der Waals surface area contributed by atoms with Gasteiger partial charge in [-0.1, -0.05) is 42.5 Å². The van der Waals surface area contributed by atoms with Crippen LogP contribution in [0.15, 0.2) is 72.1 Å². The van der Waals surface area contributed by atoms with E-state index in [0.29, 0.717) is 5.75 Å². The van der Waals surface area contributed by atoms with Crippen LogP contribution in [0.1, 0.15) is 24.0 Å². The van der Waals surface area contributed by atoms with Crippen molar-refractivity contribution in [1.82, 2.24) is 0 Å². The minimum absolute atomic E-state index is 0.0364. The number of aromatic hydroxyl groups is 1. The van der Waals surface area contributed by atoms with Crippen molar-refractivity contribution in [1.29, 1.82) is 0 Å². The number of ether oxygens (including phenoxy) is 2. The molecule has 136 valence electrons. The summed E-state index contributed by atoms with van der Waals surface area (Å²) in [5, 5.41) is 11.7. The normalized spacial score (nSPS) is 16.0. The minimum atomic E-state index is -0.508. The highest BCUT2D eigenvalue weighted by atomic mass is 16.5. The molecule has 0 spiro atoms. The molecule has 3 aromatic carbocycles. The van der Waals surface area contributed by atoms with E-state index in [1.807, 2.05) is 36.4 Å². The van der Waals surface area contributed by atoms with Crippen LogP contribution in [0.3, 0.4) is 0 Å². The first kappa shape index (κ1) is 17.0. The zero-order chi connectivity index (χ0) is 19.0. The molecule has 1 heterocycles. The number of nitrogens with two attached hydrogens (primary N) is 1. The number of carbonyl (C=O) groups excluding carboxylic acids is 1. The fourth-order valence-corrected chi connectivity index (χ4v) is 3.55. The SMILES string of the molecule is CCOC(=O)C1=C(N)Oc2ccc3ccccc3c2[C@@H]1c1ccc(O)cc1. The van der Waals surface area contributed by atoms with Gasteiger partial charge in [0.2, 0.25) is 5.88 Å². The van der Waals surface area contributed by atoms with Crippen LogP contribution in [0.25, 0.3) is 10.8 Å². The third-order valence-electron chi connectivity index (χ3n) is 4.72. The van der Waals surface area contributed by atoms with E-state index < -0.39 is 11.9 Å². The van der Waals surface area contributed by atoms with E-state index in [1.165, 1.54) is 0 Å². The fraction of sp³-hybridized carbons (Fsp3) is 0.136. The summed E-state index contributed by atoms with van der Waals surface area (Å²) in [6.07, 6.45) is 0. The first-order chi connectivity index (χ1) is 13.1. The van der Waals surface area contributed by atoms with Crippen LogP contribution < -0.4 is 10.5 Å². The van der Waals surface area contributed by atoms with Crippen molar-refractivity contribution in [3.8, 4) is 11.5 Å². The molecule has 0 saturated heterocycles. The molecule has 4 rings (SSSR count). The monoisotopic (exact) mass is 361 g/mol. The Hall–Kier alpha value is -3.47. The average molecular weight is 361 g/mol. The predicted molar refractivity (Wildman–Crippen MR) is 102 cm³/mol. The van der Waals surface area contributed by atoms with Gasteiger partial charge in [0.1, 0.15) is 17.1 Å². The third kappa shape index (κ3) is 2.87. The number of rotatable bonds is 3. The number of esters is 1. The molecule has 27 heavy (non-hydrogen) atoms. The quantitative estimate of drug-likeness (QED) is 0.694. The number of phenols is 1. The van der Waals surface area contributed by atoms with Crippen LogP contribution in [-0.4, -0.2) is 17.7 Å². The topological polar surface area (TPSA) is 81.8 Å². The van der Waals surface area contributed by atoms with Crippen molar-refractivity contribution in [3.63, 3.8) is 0 Å². The van der Waals surface area contributed by atoms with Crippen molar-refractivity contribution >= 4 is 16.7 Å². The lowest BCUT2D eigenvalue weighted by Crippen LogP contribution is -2.27. The second-order valence-corrected chi connectivity index (χ2v) is 6.32. The van der Waals surface area contributed by atoms with Crippen LogP contribution in [0.2, 0.25) is 0 Å². The van der Waals surface area contributed by atoms with E-state index in [2.05, 4.69) is 0 Å². The molecule has 0 amide bonds. The van der Waals surface area contributed by atoms with Gasteiger partial charge in [-0.3, -0.25) is 0 Å². The van der Waals surface area contributed by atoms with Crippen molar-refractivity contribution in [3.05, 3.63) is 83.2 Å². The maximum atomic E-state index is 12.7. The molecule has 0 bridgehead atoms. The molecular formula is C22H19NO4. The summed E-state index contributed by atoms with van der Waals surface area (Å²) in [7, 11) is 0. The molecule has 0 aliphatic carbocycles. The van der Waals surface area contributed by atoms with Crippen LogP contribution in [0.5, 0.6) is 11.5 Å². The van der Waals surface area contributed by atoms with Gasteiger partial charge in [-0.2, -0.15) is 0 Å². The summed E-state index contributed by atoms with van der Waals surface area (Å²) < 4.78 is 11.1. The van der Waals surface area contributed by atoms with Gasteiger partial charge >= 0.3 is 5.97 Å². The molecular weight excluding hydrogens is 342 g/mol. The van der Waals surface area contributed by atoms with Gasteiger partial charge in [-0.15, -0.1) is 0 Å². The molecule has 0 fully saturated rings. The van der Waals surface area contributed by atoms with E-state index >= 15 is 0 Å². The second kappa shape index (κ2) is 6.68. The maximum Gasteiger partial charge on any atom is 0.340 e. The van der Waals surface area contributed by atoms with Gasteiger partial charge in [-0.25, -0.2) is 4.79 Å². The summed E-state index contributed by atoms with van der Waals surface area (Å²) >= 11 is 0. The van der Waals surface area contributed by atoms with Crippen LogP contribution in [-0.2, 0) is 9.53 Å². The van der Waals surface area contributed by atoms with Gasteiger partial charge in [0.05, 0.1) is 12.5 Å². The molecule has 1 aliphatic heterocycles. The highest BCUT2D eigenvalue weighted by Gasteiger charge is 2.36. The van der Waals surface area contributed by atoms with Gasteiger partial charge < -0.3 is 20.3 Å². The second-order valence-electron chi connectivity index (χ2n) is 6.32. The zero-order valence-electron chi connectivity index (χ0n) is 14.8. The molecule has 0 aromatic heterocycles. The summed E-state index contributed by atoms with van der Waals surface area (Å²) in [5.41, 5.74) is 8.08. The van der Waals surface area contributed by atoms with Crippen LogP contribution >= 0.6 is 0 Å². The van der Waals surface area contributed by atoms with Gasteiger partial charge in [0, 0.05) is 5.56 Å². The summed E-state index contributed by atoms with van der Waals surface area (Å²) in [6, 6.07) is 18.5. The number of phenolic OH excluding ortho intramolecular Hbond substituents is 1. The van der Waals surface area contributed by atoms with Crippen LogP contribution in [0, 0.1) is 0 Å². The fourth-order valence-electron chi connectivity index (χ4n) is 3.55. The molecule has 0 saturated carbocycles. The Morgan fingerprint density at radius 1 is 1.11 bits per heavy atom. The smallest absolute Gasteiger partial charge is 0.340 e. The number of hydrogen-bond acceptors (Lipinski definition) is 5. The van der Waals surface area contributed by atoms with Gasteiger partial charge in [0.15, 0.2) is 0 Å². The highest BCUT2D eigenvalue weighted by Crippen LogP contribution is 2.46. The number of carbonyl (C=O) groups is 1. The largest absolute Gasteiger partial charge is 0.508 e. The minimum Gasteiger partial charge on any atom is -0.508 e. The van der Waals surface area contributed by atoms with E-state index in [4.69, 9.17) is 15.2 Å². The summed E-state index contributed by atoms with van der Waals surface area (Å²) in [4.78, 5) is 12.7. The molecule has 5 nitrogen and oxygen atoms in total. The molecule has 3 N–H and O–H groups in total. The Balaban J connectivity index is 2.01. The van der Waals surface area contributed by atoms with Crippen molar-refractivity contribution < 1.29 is 19.4 Å². The Labute approximate surface area is 156 Å². The zero-order valence-corrected chi connectivity index (χ0v) is 14.8. The predicted octanol–water partition coefficient (Wildman–Crippen LogP) is 3.80. The lowest BCUT2D eigenvalue weighted by molar-refractivity contribution is -0.139. The first-order valence-corrected chi connectivity index (χ1v) is 8.75. The van der Waals surface area contributed by atoms with Crippen molar-refractivity contribution in [2.24, 2.45) is 5.73 Å². The van der Waals surface area contributed by atoms with Crippen molar-refractivity contribution in [2.45, 2.75) is 12.8 Å². The molecule has 3 aromatic rings. The van der Waals surface area contributed by atoms with Crippen molar-refractivity contribution in [2.75, 3.05) is 6.61 Å². The first-order valence-electron chi connectivity index (χ1n) is 8.75. The van der Waals surface area contributed by atoms with E-state index in [9.17, 15) is 9.90 Å². The molecule has 1 aliphatic rings. The maximum absolute atomic E-state index is 12.7. The third-order valence-corrected chi connectivity index (χ3v) is 4.72. The van der Waals surface area contributed by atoms with Gasteiger partial charge in [0.25, 0.3) is 0 Å². The summed E-state index contributed by atoms with van der Waals surface area (Å²) in [5.74, 6) is -0.170. The molecule has 0 radical (unpaired) electrons. The average Bonchev–Trinajstić information content (AvgIpc) is 2.67. The van der Waals surface area contributed by atoms with E-state index in [-0.39, 0.29) is 23.8 Å². The Morgan fingerprint density at radius 3 is 2.59 bits per heavy atom. The van der Waals surface area contributed by atoms with Gasteiger partial charge in [-0.05, 0) is 41.5 Å². The standard InChI is InChI=1S/C22H19NO4/c1-2-26-22(25)20-18(14-7-10-15(24)11-8-14)19-16-6-4-3-5-13(16)9-12-17(19)27-21(20)23/h3-12,18,24H,2,23H2,1H3/t18-/m0/s1. The molecule has 5 heteroatoms. The molecule has 0 unspecified atom stereocenters. The Kier molecular flexibility index (Phi) is 4.20. The Morgan fingerprint density at radius 2 is 1.85 bits per heavy atom. The lowest BCUT2D eigenvalue weighted by Gasteiger charge is -2.29. The number of benzene rings is 3. The lowest BCUT2D eigenvalue weighted by atomic mass is 9.80. The highest BCUT2D eigenvalue weighted by molar-refractivity contribution is 5.97.